The Balaban J connectivity index is 1.41. The lowest BCUT2D eigenvalue weighted by molar-refractivity contribution is 0.669. The third-order valence-corrected chi connectivity index (χ3v) is 8.11. The van der Waals surface area contributed by atoms with Gasteiger partial charge in [0.2, 0.25) is 0 Å². The number of hydrogen-bond donors (Lipinski definition) is 0. The van der Waals surface area contributed by atoms with E-state index in [9.17, 15) is 0 Å². The summed E-state index contributed by atoms with van der Waals surface area (Å²) in [4.78, 5) is 0. The summed E-state index contributed by atoms with van der Waals surface area (Å²) in [6, 6.07) is 47.6. The summed E-state index contributed by atoms with van der Waals surface area (Å²) in [6.07, 6.45) is 0. The van der Waals surface area contributed by atoms with Gasteiger partial charge >= 0.3 is 0 Å². The molecule has 0 N–H and O–H groups in total. The van der Waals surface area contributed by atoms with Crippen LogP contribution in [0.2, 0.25) is 0 Å². The van der Waals surface area contributed by atoms with Crippen LogP contribution in [0, 0.1) is 0 Å². The van der Waals surface area contributed by atoms with Gasteiger partial charge in [0.25, 0.3) is 0 Å². The van der Waals surface area contributed by atoms with Gasteiger partial charge in [-0.1, -0.05) is 72.8 Å². The molecule has 0 atom stereocenters. The fraction of sp³-hybridized carbons (Fsp3) is 0. The second kappa shape index (κ2) is 7.62. The number of fused-ring (bicyclic) bond motifs is 10. The highest BCUT2D eigenvalue weighted by Gasteiger charge is 2.19. The van der Waals surface area contributed by atoms with E-state index >= 15 is 0 Å². The van der Waals surface area contributed by atoms with E-state index in [1.165, 1.54) is 54.7 Å². The fourth-order valence-corrected chi connectivity index (χ4v) is 6.51. The lowest BCUT2D eigenvalue weighted by atomic mass is 10.1. The van der Waals surface area contributed by atoms with Crippen LogP contribution in [0.5, 0.6) is 0 Å². The Kier molecular flexibility index (Phi) is 4.05. The molecule has 0 unspecified atom stereocenters. The molecule has 3 heteroatoms. The van der Waals surface area contributed by atoms with E-state index in [1.807, 2.05) is 6.07 Å². The number of hydrogen-bond acceptors (Lipinski definition) is 1. The van der Waals surface area contributed by atoms with Gasteiger partial charge < -0.3 is 13.6 Å². The number of benzene rings is 6. The van der Waals surface area contributed by atoms with Crippen LogP contribution in [-0.4, -0.2) is 9.13 Å². The molecule has 0 bridgehead atoms. The zero-order valence-electron chi connectivity index (χ0n) is 21.0. The summed E-state index contributed by atoms with van der Waals surface area (Å²) in [5.41, 5.74) is 8.96. The Labute approximate surface area is 223 Å². The third-order valence-electron chi connectivity index (χ3n) is 8.11. The molecule has 0 aliphatic heterocycles. The maximum atomic E-state index is 6.26. The standard InChI is InChI=1S/C36H22N2O/c1-2-10-23(11-3-1)37-29-15-7-4-12-25(29)28-22-24(18-19-31(28)37)38-30-16-8-5-13-26(30)35-32(38)20-21-34-36(35)27-14-6-9-17-33(27)39-34/h1-22H. The monoisotopic (exact) mass is 498 g/mol. The zero-order chi connectivity index (χ0) is 25.5. The Morgan fingerprint density at radius 3 is 1.82 bits per heavy atom. The highest BCUT2D eigenvalue weighted by atomic mass is 16.3. The first-order chi connectivity index (χ1) is 19.4. The van der Waals surface area contributed by atoms with E-state index in [-0.39, 0.29) is 0 Å². The SMILES string of the molecule is c1ccc(-n2c3ccccc3c3cc(-n4c5ccccc5c5c6c(ccc54)oc4ccccc46)ccc32)cc1. The second-order valence-corrected chi connectivity index (χ2v) is 10.2. The van der Waals surface area contributed by atoms with Crippen molar-refractivity contribution in [3.8, 4) is 11.4 Å². The first-order valence-corrected chi connectivity index (χ1v) is 13.3. The predicted molar refractivity (Wildman–Crippen MR) is 162 cm³/mol. The van der Waals surface area contributed by atoms with Gasteiger partial charge in [-0.25, -0.2) is 0 Å². The molecule has 0 fully saturated rings. The van der Waals surface area contributed by atoms with E-state index in [2.05, 4.69) is 137 Å². The molecular weight excluding hydrogens is 476 g/mol. The number of rotatable bonds is 2. The first kappa shape index (κ1) is 20.7. The number of aromatic nitrogens is 2. The second-order valence-electron chi connectivity index (χ2n) is 10.2. The molecule has 6 aromatic carbocycles. The van der Waals surface area contributed by atoms with E-state index in [1.54, 1.807) is 0 Å². The first-order valence-electron chi connectivity index (χ1n) is 13.3. The summed E-state index contributed by atoms with van der Waals surface area (Å²) < 4.78 is 11.0. The van der Waals surface area contributed by atoms with Crippen molar-refractivity contribution in [2.45, 2.75) is 0 Å². The summed E-state index contributed by atoms with van der Waals surface area (Å²) in [6.45, 7) is 0. The Morgan fingerprint density at radius 2 is 0.974 bits per heavy atom. The quantitative estimate of drug-likeness (QED) is 0.233. The molecule has 0 saturated carbocycles. The average Bonchev–Trinajstić information content (AvgIpc) is 3.64. The zero-order valence-corrected chi connectivity index (χ0v) is 21.0. The van der Waals surface area contributed by atoms with Crippen LogP contribution in [-0.2, 0) is 0 Å². The predicted octanol–water partition coefficient (Wildman–Crippen LogP) is 9.78. The van der Waals surface area contributed by atoms with Crippen LogP contribution in [0.3, 0.4) is 0 Å². The van der Waals surface area contributed by atoms with E-state index < -0.39 is 0 Å². The molecular formula is C36H22N2O. The lowest BCUT2D eigenvalue weighted by Gasteiger charge is -2.10. The van der Waals surface area contributed by atoms with Crippen LogP contribution in [0.4, 0.5) is 0 Å². The molecule has 39 heavy (non-hydrogen) atoms. The van der Waals surface area contributed by atoms with E-state index in [4.69, 9.17) is 4.42 Å². The molecule has 0 aliphatic carbocycles. The van der Waals surface area contributed by atoms with Crippen molar-refractivity contribution in [2.75, 3.05) is 0 Å². The van der Waals surface area contributed by atoms with Crippen molar-refractivity contribution < 1.29 is 4.42 Å². The maximum absolute atomic E-state index is 6.26. The van der Waals surface area contributed by atoms with Crippen LogP contribution in [0.1, 0.15) is 0 Å². The van der Waals surface area contributed by atoms with Gasteiger partial charge in [-0.05, 0) is 60.7 Å². The molecule has 3 nitrogen and oxygen atoms in total. The van der Waals surface area contributed by atoms with Crippen molar-refractivity contribution in [3.63, 3.8) is 0 Å². The average molecular weight is 499 g/mol. The van der Waals surface area contributed by atoms with Gasteiger partial charge in [-0.2, -0.15) is 0 Å². The van der Waals surface area contributed by atoms with Crippen LogP contribution in [0.25, 0.3) is 76.9 Å². The highest BCUT2D eigenvalue weighted by Crippen LogP contribution is 2.42. The van der Waals surface area contributed by atoms with Gasteiger partial charge in [-0.15, -0.1) is 0 Å². The van der Waals surface area contributed by atoms with Gasteiger partial charge in [0, 0.05) is 43.7 Å². The summed E-state index contributed by atoms with van der Waals surface area (Å²) in [5.74, 6) is 0. The molecule has 3 heterocycles. The minimum absolute atomic E-state index is 0.923. The van der Waals surface area contributed by atoms with Gasteiger partial charge in [-0.3, -0.25) is 0 Å². The molecule has 9 rings (SSSR count). The molecule has 182 valence electrons. The topological polar surface area (TPSA) is 23.0 Å². The molecule has 0 saturated heterocycles. The van der Waals surface area contributed by atoms with Crippen molar-refractivity contribution in [1.29, 1.82) is 0 Å². The van der Waals surface area contributed by atoms with Gasteiger partial charge in [0.15, 0.2) is 0 Å². The lowest BCUT2D eigenvalue weighted by Crippen LogP contribution is -1.95. The van der Waals surface area contributed by atoms with Crippen LogP contribution < -0.4 is 0 Å². The number of nitrogens with zero attached hydrogens (tertiary/aromatic N) is 2. The molecule has 3 aromatic heterocycles. The van der Waals surface area contributed by atoms with Gasteiger partial charge in [0.1, 0.15) is 11.2 Å². The summed E-state index contributed by atoms with van der Waals surface area (Å²) >= 11 is 0. The molecule has 0 aliphatic rings. The highest BCUT2D eigenvalue weighted by molar-refractivity contribution is 6.27. The smallest absolute Gasteiger partial charge is 0.136 e. The van der Waals surface area contributed by atoms with Crippen LogP contribution >= 0.6 is 0 Å². The Hall–Kier alpha value is -5.28. The maximum Gasteiger partial charge on any atom is 0.136 e. The normalized spacial score (nSPS) is 12.1. The Morgan fingerprint density at radius 1 is 0.359 bits per heavy atom. The fourth-order valence-electron chi connectivity index (χ4n) is 6.51. The van der Waals surface area contributed by atoms with E-state index in [0.29, 0.717) is 0 Å². The van der Waals surface area contributed by atoms with Crippen molar-refractivity contribution in [3.05, 3.63) is 133 Å². The molecule has 0 amide bonds. The van der Waals surface area contributed by atoms with Crippen LogP contribution in [0.15, 0.2) is 138 Å². The third kappa shape index (κ3) is 2.76. The number of para-hydroxylation sites is 4. The van der Waals surface area contributed by atoms with Crippen molar-refractivity contribution >= 4 is 65.6 Å². The minimum Gasteiger partial charge on any atom is -0.456 e. The minimum atomic E-state index is 0.923. The van der Waals surface area contributed by atoms with Crippen molar-refractivity contribution in [2.24, 2.45) is 0 Å². The molecule has 0 radical (unpaired) electrons. The summed E-state index contributed by atoms with van der Waals surface area (Å²) in [7, 11) is 0. The molecule has 0 spiro atoms. The molecule has 9 aromatic rings. The summed E-state index contributed by atoms with van der Waals surface area (Å²) in [5, 5.41) is 7.30. The van der Waals surface area contributed by atoms with Gasteiger partial charge in [0.05, 0.1) is 22.1 Å². The number of furan rings is 1. The Bertz CT molecular complexity index is 2390. The van der Waals surface area contributed by atoms with Crippen molar-refractivity contribution in [1.82, 2.24) is 9.13 Å². The largest absolute Gasteiger partial charge is 0.456 e. The van der Waals surface area contributed by atoms with E-state index in [0.717, 1.165) is 22.2 Å².